The lowest BCUT2D eigenvalue weighted by molar-refractivity contribution is -0.672. The van der Waals surface area contributed by atoms with E-state index in [1.165, 1.54) is 18.7 Å². The van der Waals surface area contributed by atoms with Gasteiger partial charge in [-0.25, -0.2) is 9.78 Å². The first kappa shape index (κ1) is 23.2. The van der Waals surface area contributed by atoms with Crippen LogP contribution in [0.4, 0.5) is 5.69 Å². The van der Waals surface area contributed by atoms with Gasteiger partial charge in [0, 0.05) is 28.6 Å². The van der Waals surface area contributed by atoms with E-state index in [4.69, 9.17) is 15.0 Å². The summed E-state index contributed by atoms with van der Waals surface area (Å²) in [6, 6.07) is 16.1. The lowest BCUT2D eigenvalue weighted by Crippen LogP contribution is -2.41. The summed E-state index contributed by atoms with van der Waals surface area (Å²) in [6.45, 7) is 3.22. The van der Waals surface area contributed by atoms with Gasteiger partial charge in [-0.15, -0.1) is 11.3 Å². The zero-order valence-corrected chi connectivity index (χ0v) is 20.4. The number of hydrogen-bond acceptors (Lipinski definition) is 8. The van der Waals surface area contributed by atoms with E-state index in [9.17, 15) is 14.4 Å². The average molecular weight is 502 g/mol. The first-order chi connectivity index (χ1) is 17.3. The third kappa shape index (κ3) is 3.68. The maximum absolute atomic E-state index is 13.7. The van der Waals surface area contributed by atoms with Crippen molar-refractivity contribution in [1.29, 1.82) is 0 Å². The molecular weight excluding hydrogens is 480 g/mol. The number of nitrogens with one attached hydrogen (secondary N) is 1. The zero-order valence-electron chi connectivity index (χ0n) is 19.6. The molecule has 0 radical (unpaired) electrons. The Labute approximate surface area is 208 Å². The number of benzene rings is 2. The highest BCUT2D eigenvalue weighted by Crippen LogP contribution is 2.42. The van der Waals surface area contributed by atoms with Crippen LogP contribution in [-0.4, -0.2) is 28.9 Å². The van der Waals surface area contributed by atoms with E-state index in [-0.39, 0.29) is 22.0 Å². The van der Waals surface area contributed by atoms with Gasteiger partial charge in [0.1, 0.15) is 15.5 Å². The molecule has 0 saturated carbocycles. The Balaban J connectivity index is 1.74. The predicted molar refractivity (Wildman–Crippen MR) is 135 cm³/mol. The van der Waals surface area contributed by atoms with E-state index in [2.05, 4.69) is 10.3 Å². The molecule has 0 amide bonds. The lowest BCUT2D eigenvalue weighted by Gasteiger charge is -2.12. The molecule has 3 N–H and O–H groups in total. The quantitative estimate of drug-likeness (QED) is 0.267. The van der Waals surface area contributed by atoms with Crippen molar-refractivity contribution >= 4 is 38.8 Å². The number of nitrogen functional groups attached to an aromatic ring is 1. The number of Topliss-reactive ketones (excluding diaryl/α,β-unsaturated/α-hetero) is 1. The summed E-state index contributed by atoms with van der Waals surface area (Å²) < 4.78 is 11.4. The number of thiophene rings is 1. The van der Waals surface area contributed by atoms with Crippen molar-refractivity contribution in [2.75, 3.05) is 12.8 Å². The van der Waals surface area contributed by atoms with Gasteiger partial charge in [0.15, 0.2) is 5.78 Å². The highest BCUT2D eigenvalue weighted by atomic mass is 32.1. The van der Waals surface area contributed by atoms with Gasteiger partial charge in [-0.1, -0.05) is 30.3 Å². The number of aromatic amines is 1. The number of rotatable bonds is 6. The van der Waals surface area contributed by atoms with Gasteiger partial charge in [-0.05, 0) is 41.5 Å². The number of pyridine rings is 1. The Morgan fingerprint density at radius 3 is 2.44 bits per heavy atom. The van der Waals surface area contributed by atoms with Crippen LogP contribution in [0.25, 0.3) is 27.0 Å². The Kier molecular flexibility index (Phi) is 5.73. The summed E-state index contributed by atoms with van der Waals surface area (Å²) in [7, 11) is 1.54. The van der Waals surface area contributed by atoms with Gasteiger partial charge in [0.2, 0.25) is 5.69 Å². The standard InChI is InChI=1S/C26H20N4O5S/c1-13-18(14(2)31)19(15-7-5-4-6-8-15)20-21(27)24(36-25(20)28-13)23(32)22-26(33)35-29-30(22)16-9-11-17(34-3)12-10-16/h4-12H,1-3H3,(H2-,27,29,32,33)/p+1. The molecule has 9 nitrogen and oxygen atoms in total. The van der Waals surface area contributed by atoms with E-state index >= 15 is 0 Å². The topological polar surface area (TPSA) is 132 Å². The van der Waals surface area contributed by atoms with E-state index in [0.29, 0.717) is 38.5 Å². The number of aromatic nitrogens is 3. The fourth-order valence-electron chi connectivity index (χ4n) is 4.25. The van der Waals surface area contributed by atoms with Crippen molar-refractivity contribution in [2.45, 2.75) is 13.8 Å². The number of fused-ring (bicyclic) bond motifs is 1. The molecule has 2 aromatic carbocycles. The van der Waals surface area contributed by atoms with Gasteiger partial charge >= 0.3 is 11.3 Å². The minimum atomic E-state index is -0.843. The number of anilines is 1. The second kappa shape index (κ2) is 8.90. The number of hydrogen-bond donors (Lipinski definition) is 2. The van der Waals surface area contributed by atoms with Crippen molar-refractivity contribution < 1.29 is 23.5 Å². The zero-order chi connectivity index (χ0) is 25.6. The maximum atomic E-state index is 13.7. The van der Waals surface area contributed by atoms with Gasteiger partial charge in [-0.3, -0.25) is 14.1 Å². The number of ketones is 2. The molecular formula is C26H21N4O5S+. The van der Waals surface area contributed by atoms with Crippen LogP contribution in [0.5, 0.6) is 5.75 Å². The van der Waals surface area contributed by atoms with Crippen LogP contribution in [-0.2, 0) is 0 Å². The molecule has 10 heteroatoms. The normalized spacial score (nSPS) is 11.1. The number of ether oxygens (including phenoxy) is 1. The van der Waals surface area contributed by atoms with Crippen LogP contribution in [0.2, 0.25) is 0 Å². The van der Waals surface area contributed by atoms with E-state index in [0.717, 1.165) is 16.9 Å². The second-order valence-corrected chi connectivity index (χ2v) is 9.09. The van der Waals surface area contributed by atoms with Gasteiger partial charge in [0.25, 0.3) is 5.78 Å². The summed E-state index contributed by atoms with van der Waals surface area (Å²) in [6.07, 6.45) is 0. The SMILES string of the molecule is COc1ccc(-[n+]2[nH]oc(=O)c2C(=O)c2sc3nc(C)c(C(C)=O)c(-c4ccccc4)c3c2N)cc1. The van der Waals surface area contributed by atoms with E-state index < -0.39 is 11.4 Å². The minimum absolute atomic E-state index is 0.129. The van der Waals surface area contributed by atoms with E-state index in [1.54, 1.807) is 31.2 Å². The highest BCUT2D eigenvalue weighted by Gasteiger charge is 2.35. The van der Waals surface area contributed by atoms with Crippen molar-refractivity contribution in [3.8, 4) is 22.6 Å². The molecule has 5 rings (SSSR count). The van der Waals surface area contributed by atoms with Crippen LogP contribution in [0.15, 0.2) is 63.9 Å². The van der Waals surface area contributed by atoms with E-state index in [1.807, 2.05) is 30.3 Å². The molecule has 0 unspecified atom stereocenters. The molecule has 0 aliphatic heterocycles. The Bertz CT molecular complexity index is 1700. The Morgan fingerprint density at radius 2 is 1.81 bits per heavy atom. The molecule has 3 heterocycles. The summed E-state index contributed by atoms with van der Waals surface area (Å²) in [4.78, 5) is 44.1. The number of nitrogens with zero attached hydrogens (tertiary/aromatic N) is 2. The molecule has 0 aliphatic rings. The monoisotopic (exact) mass is 501 g/mol. The number of nitrogens with two attached hydrogens (primary N) is 1. The maximum Gasteiger partial charge on any atom is 0.439 e. The molecule has 0 spiro atoms. The summed E-state index contributed by atoms with van der Waals surface area (Å²) in [5.74, 6) is -0.173. The fourth-order valence-corrected chi connectivity index (χ4v) is 5.34. The molecule has 36 heavy (non-hydrogen) atoms. The third-order valence-corrected chi connectivity index (χ3v) is 6.97. The third-order valence-electron chi connectivity index (χ3n) is 5.87. The van der Waals surface area contributed by atoms with Gasteiger partial charge in [-0.2, -0.15) is 0 Å². The Morgan fingerprint density at radius 1 is 1.11 bits per heavy atom. The van der Waals surface area contributed by atoms with Gasteiger partial charge in [0.05, 0.1) is 18.5 Å². The largest absolute Gasteiger partial charge is 0.497 e. The van der Waals surface area contributed by atoms with Crippen molar-refractivity contribution in [3.05, 3.63) is 86.8 Å². The first-order valence-corrected chi connectivity index (χ1v) is 11.7. The highest BCUT2D eigenvalue weighted by molar-refractivity contribution is 7.21. The number of aryl methyl sites for hydroxylation is 1. The second-order valence-electron chi connectivity index (χ2n) is 8.09. The number of carbonyl (C=O) groups excluding carboxylic acids is 2. The van der Waals surface area contributed by atoms with Crippen LogP contribution in [0.1, 0.15) is 38.3 Å². The number of methoxy groups -OCH3 is 1. The number of carbonyl (C=O) groups is 2. The molecule has 0 atom stereocenters. The number of H-pyrrole nitrogens is 1. The molecule has 3 aromatic heterocycles. The molecule has 180 valence electrons. The van der Waals surface area contributed by atoms with Crippen LogP contribution in [0.3, 0.4) is 0 Å². The first-order valence-electron chi connectivity index (χ1n) is 10.9. The fraction of sp³-hybridized carbons (Fsp3) is 0.115. The van der Waals surface area contributed by atoms with Gasteiger partial charge < -0.3 is 10.5 Å². The van der Waals surface area contributed by atoms with Crippen molar-refractivity contribution in [2.24, 2.45) is 0 Å². The summed E-state index contributed by atoms with van der Waals surface area (Å²) in [5.41, 5.74) is 8.45. The van der Waals surface area contributed by atoms with Crippen molar-refractivity contribution in [3.63, 3.8) is 0 Å². The van der Waals surface area contributed by atoms with Crippen molar-refractivity contribution in [1.82, 2.24) is 10.3 Å². The minimum Gasteiger partial charge on any atom is -0.497 e. The Hall–Kier alpha value is -4.57. The smallest absolute Gasteiger partial charge is 0.439 e. The molecule has 0 fully saturated rings. The molecule has 0 saturated heterocycles. The summed E-state index contributed by atoms with van der Waals surface area (Å²) in [5, 5.41) is 2.97. The van der Waals surface area contributed by atoms with Crippen LogP contribution < -0.4 is 20.8 Å². The predicted octanol–water partition coefficient (Wildman–Crippen LogP) is 3.85. The summed E-state index contributed by atoms with van der Waals surface area (Å²) >= 11 is 1.07. The van der Waals surface area contributed by atoms with Crippen LogP contribution in [0, 0.1) is 6.92 Å². The molecule has 5 aromatic rings. The molecule has 0 aliphatic carbocycles. The van der Waals surface area contributed by atoms with Crippen LogP contribution >= 0.6 is 11.3 Å². The average Bonchev–Trinajstić information content (AvgIpc) is 3.42. The lowest BCUT2D eigenvalue weighted by atomic mass is 9.93. The molecule has 0 bridgehead atoms.